The lowest BCUT2D eigenvalue weighted by molar-refractivity contribution is 0.0510. The third-order valence-electron chi connectivity index (χ3n) is 3.96. The van der Waals surface area contributed by atoms with E-state index in [-0.39, 0.29) is 12.4 Å². The zero-order chi connectivity index (χ0) is 18.4. The summed E-state index contributed by atoms with van der Waals surface area (Å²) in [5, 5.41) is 8.27. The van der Waals surface area contributed by atoms with E-state index in [1.807, 2.05) is 42.5 Å². The maximum atomic E-state index is 12.0. The number of carbonyl (C=O) groups is 1. The number of hydrogen-bond donors (Lipinski definition) is 0. The number of nitrogens with zero attached hydrogens (tertiary/aromatic N) is 3. The summed E-state index contributed by atoms with van der Waals surface area (Å²) in [5.41, 5.74) is 4.33. The fraction of sp³-hybridized carbons (Fsp3) is 0.238. The lowest BCUT2D eigenvalue weighted by atomic mass is 10.0. The minimum atomic E-state index is -0.568. The van der Waals surface area contributed by atoms with Crippen LogP contribution in [0.15, 0.2) is 54.6 Å². The molecule has 1 aromatic heterocycles. The molecule has 2 aromatic carbocycles. The third kappa shape index (κ3) is 3.94. The van der Waals surface area contributed by atoms with Crippen LogP contribution in [0.1, 0.15) is 36.5 Å². The third-order valence-corrected chi connectivity index (χ3v) is 3.96. The van der Waals surface area contributed by atoms with E-state index < -0.39 is 5.97 Å². The quantitative estimate of drug-likeness (QED) is 0.621. The maximum Gasteiger partial charge on any atom is 0.378 e. The minimum absolute atomic E-state index is 0.0305. The van der Waals surface area contributed by atoms with Gasteiger partial charge in [0.15, 0.2) is 0 Å². The van der Waals surface area contributed by atoms with Crippen molar-refractivity contribution in [2.24, 2.45) is 0 Å². The number of benzene rings is 2. The molecule has 0 saturated heterocycles. The summed E-state index contributed by atoms with van der Waals surface area (Å²) in [7, 11) is 0. The molecule has 0 N–H and O–H groups in total. The topological polar surface area (TPSA) is 65.0 Å². The van der Waals surface area contributed by atoms with Gasteiger partial charge in [-0.1, -0.05) is 67.9 Å². The van der Waals surface area contributed by atoms with Crippen molar-refractivity contribution in [3.05, 3.63) is 66.0 Å². The van der Waals surface area contributed by atoms with Gasteiger partial charge in [-0.3, -0.25) is 0 Å². The number of aromatic nitrogens is 3. The molecular weight excluding hydrogens is 326 g/mol. The Labute approximate surface area is 153 Å². The number of rotatable bonds is 6. The summed E-state index contributed by atoms with van der Waals surface area (Å²) in [4.78, 5) is 16.5. The summed E-state index contributed by atoms with van der Waals surface area (Å²) in [6.07, 6.45) is 2.14. The van der Waals surface area contributed by atoms with Gasteiger partial charge in [0.1, 0.15) is 11.4 Å². The monoisotopic (exact) mass is 347 g/mol. The van der Waals surface area contributed by atoms with Gasteiger partial charge in [0.2, 0.25) is 0 Å². The van der Waals surface area contributed by atoms with Crippen LogP contribution in [0, 0.1) is 0 Å². The molecule has 0 bridgehead atoms. The molecule has 0 amide bonds. The van der Waals surface area contributed by atoms with Crippen LogP contribution in [0.3, 0.4) is 0 Å². The SMILES string of the molecule is CCCc1ccc(-c2nnc(C(=O)OCC)nc2-c2ccccc2)cc1. The van der Waals surface area contributed by atoms with Crippen molar-refractivity contribution in [1.29, 1.82) is 0 Å². The van der Waals surface area contributed by atoms with Crippen molar-refractivity contribution in [2.45, 2.75) is 26.7 Å². The average Bonchev–Trinajstić information content (AvgIpc) is 2.69. The second kappa shape index (κ2) is 8.34. The second-order valence-electron chi connectivity index (χ2n) is 5.87. The van der Waals surface area contributed by atoms with Crippen molar-refractivity contribution >= 4 is 5.97 Å². The summed E-state index contributed by atoms with van der Waals surface area (Å²) in [5.74, 6) is -0.598. The number of aryl methyl sites for hydroxylation is 1. The Morgan fingerprint density at radius 1 is 0.885 bits per heavy atom. The normalized spacial score (nSPS) is 10.5. The van der Waals surface area contributed by atoms with Crippen LogP contribution in [0.5, 0.6) is 0 Å². The first-order valence-electron chi connectivity index (χ1n) is 8.79. The summed E-state index contributed by atoms with van der Waals surface area (Å²) < 4.78 is 5.00. The molecule has 0 atom stereocenters. The Kier molecular flexibility index (Phi) is 5.69. The average molecular weight is 347 g/mol. The van der Waals surface area contributed by atoms with Crippen molar-refractivity contribution in [3.8, 4) is 22.5 Å². The van der Waals surface area contributed by atoms with Crippen molar-refractivity contribution in [3.63, 3.8) is 0 Å². The highest BCUT2D eigenvalue weighted by molar-refractivity contribution is 5.87. The Morgan fingerprint density at radius 3 is 2.23 bits per heavy atom. The van der Waals surface area contributed by atoms with Gasteiger partial charge in [0.25, 0.3) is 5.82 Å². The van der Waals surface area contributed by atoms with Crippen molar-refractivity contribution in [1.82, 2.24) is 15.2 Å². The number of hydrogen-bond acceptors (Lipinski definition) is 5. The molecule has 132 valence electrons. The zero-order valence-corrected chi connectivity index (χ0v) is 15.0. The molecule has 3 rings (SSSR count). The lowest BCUT2D eigenvalue weighted by Gasteiger charge is -2.10. The molecule has 5 heteroatoms. The highest BCUT2D eigenvalue weighted by atomic mass is 16.5. The van der Waals surface area contributed by atoms with Gasteiger partial charge in [-0.05, 0) is 18.9 Å². The molecule has 5 nitrogen and oxygen atoms in total. The van der Waals surface area contributed by atoms with Gasteiger partial charge >= 0.3 is 5.97 Å². The molecule has 26 heavy (non-hydrogen) atoms. The second-order valence-corrected chi connectivity index (χ2v) is 5.87. The largest absolute Gasteiger partial charge is 0.460 e. The number of carbonyl (C=O) groups excluding carboxylic acids is 1. The fourth-order valence-corrected chi connectivity index (χ4v) is 2.72. The van der Waals surface area contributed by atoms with Gasteiger partial charge in [-0.25, -0.2) is 9.78 Å². The van der Waals surface area contributed by atoms with E-state index in [0.717, 1.165) is 24.0 Å². The lowest BCUT2D eigenvalue weighted by Crippen LogP contribution is -2.12. The molecule has 1 heterocycles. The fourth-order valence-electron chi connectivity index (χ4n) is 2.72. The molecule has 0 radical (unpaired) electrons. The summed E-state index contributed by atoms with van der Waals surface area (Å²) >= 11 is 0. The highest BCUT2D eigenvalue weighted by Crippen LogP contribution is 2.28. The van der Waals surface area contributed by atoms with Gasteiger partial charge in [-0.15, -0.1) is 10.2 Å². The van der Waals surface area contributed by atoms with Crippen LogP contribution < -0.4 is 0 Å². The molecule has 0 unspecified atom stereocenters. The molecule has 0 aliphatic rings. The first-order valence-corrected chi connectivity index (χ1v) is 8.79. The zero-order valence-electron chi connectivity index (χ0n) is 15.0. The van der Waals surface area contributed by atoms with Crippen LogP contribution >= 0.6 is 0 Å². The molecular formula is C21H21N3O2. The van der Waals surface area contributed by atoms with Crippen LogP contribution in [-0.4, -0.2) is 27.8 Å². The first kappa shape index (κ1) is 17.7. The van der Waals surface area contributed by atoms with Gasteiger partial charge in [0, 0.05) is 11.1 Å². The predicted molar refractivity (Wildman–Crippen MR) is 101 cm³/mol. The van der Waals surface area contributed by atoms with Gasteiger partial charge in [0.05, 0.1) is 6.61 Å². The maximum absolute atomic E-state index is 12.0. The molecule has 3 aromatic rings. The molecule has 0 spiro atoms. The molecule has 0 fully saturated rings. The smallest absolute Gasteiger partial charge is 0.378 e. The van der Waals surface area contributed by atoms with E-state index in [4.69, 9.17) is 4.74 Å². The Balaban J connectivity index is 2.07. The number of esters is 1. The summed E-state index contributed by atoms with van der Waals surface area (Å²) in [6.45, 7) is 4.17. The van der Waals surface area contributed by atoms with E-state index in [0.29, 0.717) is 11.4 Å². The van der Waals surface area contributed by atoms with Crippen LogP contribution in [-0.2, 0) is 11.2 Å². The molecule has 0 aliphatic carbocycles. The Morgan fingerprint density at radius 2 is 1.58 bits per heavy atom. The van der Waals surface area contributed by atoms with E-state index >= 15 is 0 Å². The standard InChI is InChI=1S/C21H21N3O2/c1-3-8-15-11-13-17(14-12-15)19-18(16-9-6-5-7-10-16)22-20(24-23-19)21(25)26-4-2/h5-7,9-14H,3-4,8H2,1-2H3. The first-order chi connectivity index (χ1) is 12.7. The molecule has 0 saturated carbocycles. The molecule has 0 aliphatic heterocycles. The van der Waals surface area contributed by atoms with E-state index in [2.05, 4.69) is 34.2 Å². The predicted octanol–water partition coefficient (Wildman–Crippen LogP) is 4.33. The Bertz CT molecular complexity index is 878. The Hall–Kier alpha value is -3.08. The van der Waals surface area contributed by atoms with E-state index in [1.54, 1.807) is 6.92 Å². The van der Waals surface area contributed by atoms with Gasteiger partial charge < -0.3 is 4.74 Å². The van der Waals surface area contributed by atoms with Crippen LogP contribution in [0.2, 0.25) is 0 Å². The van der Waals surface area contributed by atoms with E-state index in [1.165, 1.54) is 5.56 Å². The van der Waals surface area contributed by atoms with Crippen molar-refractivity contribution in [2.75, 3.05) is 6.61 Å². The van der Waals surface area contributed by atoms with Crippen LogP contribution in [0.25, 0.3) is 22.5 Å². The highest BCUT2D eigenvalue weighted by Gasteiger charge is 2.18. The van der Waals surface area contributed by atoms with Crippen molar-refractivity contribution < 1.29 is 9.53 Å². The minimum Gasteiger partial charge on any atom is -0.460 e. The van der Waals surface area contributed by atoms with Crippen LogP contribution in [0.4, 0.5) is 0 Å². The van der Waals surface area contributed by atoms with Gasteiger partial charge in [-0.2, -0.15) is 0 Å². The van der Waals surface area contributed by atoms with E-state index in [9.17, 15) is 4.79 Å². The summed E-state index contributed by atoms with van der Waals surface area (Å²) in [6, 6.07) is 17.9. The number of ether oxygens (including phenoxy) is 1.